The van der Waals surface area contributed by atoms with Gasteiger partial charge in [0.25, 0.3) is 0 Å². The number of nitrogens with one attached hydrogen (secondary N) is 1. The molecule has 1 radical (unpaired) electrons. The molecule has 1 heterocycles. The molecule has 0 aromatic carbocycles. The van der Waals surface area contributed by atoms with Crippen LogP contribution >= 0.6 is 15.9 Å². The van der Waals surface area contributed by atoms with Crippen molar-refractivity contribution in [3.05, 3.63) is 23.9 Å². The molecule has 87 valence electrons. The summed E-state index contributed by atoms with van der Waals surface area (Å²) in [6, 6.07) is 4.88. The van der Waals surface area contributed by atoms with Gasteiger partial charge in [0.05, 0.1) is 0 Å². The predicted molar refractivity (Wildman–Crippen MR) is 68.7 cm³/mol. The van der Waals surface area contributed by atoms with Gasteiger partial charge in [-0.3, -0.25) is 4.79 Å². The lowest BCUT2D eigenvalue weighted by Gasteiger charge is -2.17. The molecule has 0 aliphatic heterocycles. The van der Waals surface area contributed by atoms with Crippen LogP contribution in [0.4, 0.5) is 5.82 Å². The summed E-state index contributed by atoms with van der Waals surface area (Å²) in [5.74, 6) is 0.561. The molecular formula is C12H16BrN2O. The Bertz CT molecular complexity index is 372. The molecule has 3 nitrogen and oxygen atoms in total. The molecule has 0 aliphatic rings. The van der Waals surface area contributed by atoms with Crippen LogP contribution in [-0.4, -0.2) is 16.2 Å². The summed E-state index contributed by atoms with van der Waals surface area (Å²) in [5, 5.41) is 3.67. The summed E-state index contributed by atoms with van der Waals surface area (Å²) < 4.78 is 0. The summed E-state index contributed by atoms with van der Waals surface area (Å²) >= 11 is 3.37. The first-order valence-corrected chi connectivity index (χ1v) is 6.29. The Labute approximate surface area is 105 Å². The molecule has 0 unspecified atom stereocenters. The van der Waals surface area contributed by atoms with E-state index in [1.807, 2.05) is 26.8 Å². The summed E-state index contributed by atoms with van der Waals surface area (Å²) in [7, 11) is 0. The van der Waals surface area contributed by atoms with E-state index in [0.29, 0.717) is 5.82 Å². The average Bonchev–Trinajstić information content (AvgIpc) is 2.17. The van der Waals surface area contributed by atoms with E-state index < -0.39 is 5.41 Å². The lowest BCUT2D eigenvalue weighted by molar-refractivity contribution is -0.123. The zero-order chi connectivity index (χ0) is 12.2. The molecule has 0 atom stereocenters. The first-order chi connectivity index (χ1) is 7.43. The summed E-state index contributed by atoms with van der Waals surface area (Å²) in [5.41, 5.74) is 0.632. The summed E-state index contributed by atoms with van der Waals surface area (Å²) in [6.45, 7) is 5.62. The van der Waals surface area contributed by atoms with Gasteiger partial charge in [-0.15, -0.1) is 0 Å². The van der Waals surface area contributed by atoms with Crippen molar-refractivity contribution in [3.63, 3.8) is 0 Å². The van der Waals surface area contributed by atoms with Crippen LogP contribution in [0.3, 0.4) is 0 Å². The van der Waals surface area contributed by atoms with Crippen molar-refractivity contribution >= 4 is 27.7 Å². The third kappa shape index (κ3) is 3.93. The highest BCUT2D eigenvalue weighted by Crippen LogP contribution is 2.16. The van der Waals surface area contributed by atoms with E-state index in [2.05, 4.69) is 32.3 Å². The number of amides is 1. The largest absolute Gasteiger partial charge is 0.310 e. The van der Waals surface area contributed by atoms with Crippen LogP contribution < -0.4 is 5.32 Å². The van der Waals surface area contributed by atoms with Crippen LogP contribution in [0, 0.1) is 11.5 Å². The minimum absolute atomic E-state index is 0.0315. The van der Waals surface area contributed by atoms with Crippen molar-refractivity contribution in [2.24, 2.45) is 5.41 Å². The number of anilines is 1. The number of alkyl halides is 1. The van der Waals surface area contributed by atoms with Crippen molar-refractivity contribution in [3.8, 4) is 0 Å². The smallest absolute Gasteiger partial charge is 0.230 e. The molecule has 1 aromatic rings. The molecule has 1 amide bonds. The summed E-state index contributed by atoms with van der Waals surface area (Å²) in [6.07, 6.45) is 2.47. The number of pyridine rings is 1. The highest BCUT2D eigenvalue weighted by molar-refractivity contribution is 9.09. The molecule has 0 saturated heterocycles. The topological polar surface area (TPSA) is 42.0 Å². The lowest BCUT2D eigenvalue weighted by atomic mass is 9.96. The van der Waals surface area contributed by atoms with Gasteiger partial charge >= 0.3 is 0 Å². The molecule has 1 rings (SSSR count). The number of hydrogen-bond acceptors (Lipinski definition) is 2. The number of aromatic nitrogens is 1. The van der Waals surface area contributed by atoms with Crippen LogP contribution in [-0.2, 0) is 11.2 Å². The SMILES string of the molecule is CC(C)(C)C(=O)Nc1cc(CCBr)[c]cn1. The molecule has 0 aliphatic carbocycles. The van der Waals surface area contributed by atoms with Crippen LogP contribution in [0.2, 0.25) is 0 Å². The molecular weight excluding hydrogens is 268 g/mol. The monoisotopic (exact) mass is 283 g/mol. The molecule has 0 saturated carbocycles. The van der Waals surface area contributed by atoms with Crippen LogP contribution in [0.5, 0.6) is 0 Å². The molecule has 1 N–H and O–H groups in total. The van der Waals surface area contributed by atoms with Gasteiger partial charge in [-0.05, 0) is 18.1 Å². The molecule has 4 heteroatoms. The summed E-state index contributed by atoms with van der Waals surface area (Å²) in [4.78, 5) is 15.8. The van der Waals surface area contributed by atoms with Crippen molar-refractivity contribution < 1.29 is 4.79 Å². The van der Waals surface area contributed by atoms with E-state index >= 15 is 0 Å². The third-order valence-corrected chi connectivity index (χ3v) is 2.45. The van der Waals surface area contributed by atoms with Gasteiger partial charge in [0.1, 0.15) is 5.82 Å². The second kappa shape index (κ2) is 5.43. The lowest BCUT2D eigenvalue weighted by Crippen LogP contribution is -2.28. The first-order valence-electron chi connectivity index (χ1n) is 5.17. The van der Waals surface area contributed by atoms with Crippen molar-refractivity contribution in [2.45, 2.75) is 27.2 Å². The number of aryl methyl sites for hydroxylation is 1. The van der Waals surface area contributed by atoms with Crippen molar-refractivity contribution in [2.75, 3.05) is 10.6 Å². The Morgan fingerprint density at radius 1 is 1.56 bits per heavy atom. The van der Waals surface area contributed by atoms with E-state index in [1.165, 1.54) is 0 Å². The Hall–Kier alpha value is -0.900. The number of rotatable bonds is 3. The predicted octanol–water partition coefficient (Wildman–Crippen LogP) is 2.80. The fourth-order valence-electron chi connectivity index (χ4n) is 1.05. The van der Waals surface area contributed by atoms with Crippen LogP contribution in [0.15, 0.2) is 12.3 Å². The minimum atomic E-state index is -0.406. The number of carbonyl (C=O) groups excluding carboxylic acids is 1. The van der Waals surface area contributed by atoms with Gasteiger partial charge in [0.2, 0.25) is 5.91 Å². The van der Waals surface area contributed by atoms with E-state index in [-0.39, 0.29) is 5.91 Å². The number of carbonyl (C=O) groups is 1. The highest BCUT2D eigenvalue weighted by Gasteiger charge is 2.21. The fraction of sp³-hybridized carbons (Fsp3) is 0.500. The van der Waals surface area contributed by atoms with Gasteiger partial charge < -0.3 is 5.32 Å². The Balaban J connectivity index is 2.74. The minimum Gasteiger partial charge on any atom is -0.310 e. The zero-order valence-corrected chi connectivity index (χ0v) is 11.4. The normalized spacial score (nSPS) is 11.2. The van der Waals surface area contributed by atoms with Crippen LogP contribution in [0.25, 0.3) is 0 Å². The van der Waals surface area contributed by atoms with E-state index in [1.54, 1.807) is 6.20 Å². The van der Waals surface area contributed by atoms with Gasteiger partial charge in [-0.1, -0.05) is 36.7 Å². The number of hydrogen-bond donors (Lipinski definition) is 1. The maximum atomic E-state index is 11.7. The maximum absolute atomic E-state index is 11.7. The number of halogens is 1. The third-order valence-electron chi connectivity index (χ3n) is 2.05. The van der Waals surface area contributed by atoms with Gasteiger partial charge in [0.15, 0.2) is 0 Å². The molecule has 0 bridgehead atoms. The average molecular weight is 284 g/mol. The van der Waals surface area contributed by atoms with E-state index in [4.69, 9.17) is 0 Å². The first kappa shape index (κ1) is 13.2. The number of nitrogens with zero attached hydrogens (tertiary/aromatic N) is 1. The highest BCUT2D eigenvalue weighted by atomic mass is 79.9. The quantitative estimate of drug-likeness (QED) is 0.867. The Morgan fingerprint density at radius 3 is 2.81 bits per heavy atom. The van der Waals surface area contributed by atoms with Crippen molar-refractivity contribution in [1.29, 1.82) is 0 Å². The van der Waals surface area contributed by atoms with Gasteiger partial charge in [-0.25, -0.2) is 4.98 Å². The Morgan fingerprint density at radius 2 is 2.25 bits per heavy atom. The second-order valence-electron chi connectivity index (χ2n) is 4.60. The second-order valence-corrected chi connectivity index (χ2v) is 5.39. The van der Waals surface area contributed by atoms with Gasteiger partial charge in [-0.2, -0.15) is 0 Å². The van der Waals surface area contributed by atoms with Crippen LogP contribution in [0.1, 0.15) is 26.3 Å². The van der Waals surface area contributed by atoms with Gasteiger partial charge in [0, 0.05) is 23.0 Å². The molecule has 0 fully saturated rings. The molecule has 1 aromatic heterocycles. The maximum Gasteiger partial charge on any atom is 0.230 e. The molecule has 16 heavy (non-hydrogen) atoms. The van der Waals surface area contributed by atoms with E-state index in [0.717, 1.165) is 17.3 Å². The zero-order valence-electron chi connectivity index (χ0n) is 9.80. The fourth-order valence-corrected chi connectivity index (χ4v) is 1.47. The molecule has 0 spiro atoms. The van der Waals surface area contributed by atoms with Crippen molar-refractivity contribution in [1.82, 2.24) is 4.98 Å². The van der Waals surface area contributed by atoms with E-state index in [9.17, 15) is 4.79 Å². The Kier molecular flexibility index (Phi) is 4.47. The standard InChI is InChI=1S/C12H16BrN2O/c1-12(2,3)11(16)15-10-8-9(4-6-13)5-7-14-10/h7-8H,4,6H2,1-3H3,(H,14,15,16).